The van der Waals surface area contributed by atoms with Crippen molar-refractivity contribution in [3.8, 4) is 23.0 Å². The highest BCUT2D eigenvalue weighted by molar-refractivity contribution is 7.12. The molecule has 6 nitrogen and oxygen atoms in total. The molecule has 2 aromatic carbocycles. The molecule has 0 amide bonds. The number of hydrogen-bond acceptors (Lipinski definition) is 7. The number of hydrogen-bond donors (Lipinski definition) is 0. The molecule has 1 aromatic heterocycles. The highest BCUT2D eigenvalue weighted by Crippen LogP contribution is 2.51. The molecule has 3 heterocycles. The molecule has 154 valence electrons. The van der Waals surface area contributed by atoms with Gasteiger partial charge in [0, 0.05) is 12.0 Å². The molecule has 0 spiro atoms. The molecule has 0 saturated carbocycles. The first-order valence-electron chi connectivity index (χ1n) is 9.69. The summed E-state index contributed by atoms with van der Waals surface area (Å²) >= 11 is 1.70. The normalized spacial score (nSPS) is 19.4. The third-order valence-electron chi connectivity index (χ3n) is 5.51. The van der Waals surface area contributed by atoms with Gasteiger partial charge >= 0.3 is 0 Å². The highest BCUT2D eigenvalue weighted by atomic mass is 32.1. The van der Waals surface area contributed by atoms with Gasteiger partial charge in [0.15, 0.2) is 11.5 Å². The van der Waals surface area contributed by atoms with Crippen LogP contribution in [0.2, 0.25) is 0 Å². The van der Waals surface area contributed by atoms with Gasteiger partial charge in [-0.15, -0.1) is 11.3 Å². The first-order chi connectivity index (χ1) is 14.7. The Morgan fingerprint density at radius 3 is 2.50 bits per heavy atom. The summed E-state index contributed by atoms with van der Waals surface area (Å²) in [6.07, 6.45) is 0.379. The van der Waals surface area contributed by atoms with Crippen molar-refractivity contribution in [1.29, 1.82) is 0 Å². The lowest BCUT2D eigenvalue weighted by atomic mass is 9.97. The standard InChI is InChI=1S/C23H22N2O4S/c1-26-19-11-10-15(21(27-2)22(19)28-3)23-25-17(14-7-4-5-8-18(14)29-23)13-16(24-25)20-9-6-12-30-20/h4-12,17,23H,13H2,1-3H3/t17-,23+/m0/s1. The molecule has 0 aliphatic carbocycles. The van der Waals surface area contributed by atoms with E-state index in [1.165, 1.54) is 4.88 Å². The highest BCUT2D eigenvalue weighted by Gasteiger charge is 2.42. The maximum absolute atomic E-state index is 6.46. The van der Waals surface area contributed by atoms with Crippen LogP contribution in [-0.2, 0) is 0 Å². The van der Waals surface area contributed by atoms with Gasteiger partial charge in [0.1, 0.15) is 5.75 Å². The van der Waals surface area contributed by atoms with Gasteiger partial charge in [0.05, 0.1) is 43.5 Å². The number of methoxy groups -OCH3 is 3. The Bertz CT molecular complexity index is 1100. The van der Waals surface area contributed by atoms with E-state index < -0.39 is 6.23 Å². The van der Waals surface area contributed by atoms with Gasteiger partial charge in [-0.2, -0.15) is 5.10 Å². The van der Waals surface area contributed by atoms with E-state index in [1.807, 2.05) is 35.3 Å². The minimum absolute atomic E-state index is 0.0925. The van der Waals surface area contributed by atoms with Crippen LogP contribution < -0.4 is 18.9 Å². The fourth-order valence-electron chi connectivity index (χ4n) is 4.15. The topological polar surface area (TPSA) is 52.5 Å². The molecule has 0 unspecified atom stereocenters. The summed E-state index contributed by atoms with van der Waals surface area (Å²) in [6, 6.07) is 16.2. The summed E-state index contributed by atoms with van der Waals surface area (Å²) in [5, 5.41) is 9.11. The molecule has 0 radical (unpaired) electrons. The fraction of sp³-hybridized carbons (Fsp3) is 0.261. The molecule has 2 aliphatic rings. The number of rotatable bonds is 5. The summed E-state index contributed by atoms with van der Waals surface area (Å²) in [5.41, 5.74) is 3.05. The van der Waals surface area contributed by atoms with Crippen LogP contribution in [0.3, 0.4) is 0 Å². The van der Waals surface area contributed by atoms with Gasteiger partial charge in [0.2, 0.25) is 12.0 Å². The second-order valence-corrected chi connectivity index (χ2v) is 8.00. The zero-order valence-electron chi connectivity index (χ0n) is 17.0. The van der Waals surface area contributed by atoms with Crippen molar-refractivity contribution in [2.45, 2.75) is 18.7 Å². The predicted octanol–water partition coefficient (Wildman–Crippen LogP) is 5.02. The number of hydrazone groups is 1. The minimum atomic E-state index is -0.447. The molecule has 0 bridgehead atoms. The number of benzene rings is 2. The number of ether oxygens (including phenoxy) is 4. The van der Waals surface area contributed by atoms with E-state index >= 15 is 0 Å². The predicted molar refractivity (Wildman–Crippen MR) is 116 cm³/mol. The number of nitrogens with zero attached hydrogens (tertiary/aromatic N) is 2. The molecular formula is C23H22N2O4S. The lowest BCUT2D eigenvalue weighted by molar-refractivity contribution is -0.0205. The molecule has 2 aliphatic heterocycles. The van der Waals surface area contributed by atoms with Crippen LogP contribution in [0.25, 0.3) is 0 Å². The quantitative estimate of drug-likeness (QED) is 0.578. The summed E-state index contributed by atoms with van der Waals surface area (Å²) < 4.78 is 23.2. The zero-order chi connectivity index (χ0) is 20.7. The maximum atomic E-state index is 6.46. The Morgan fingerprint density at radius 2 is 1.77 bits per heavy atom. The van der Waals surface area contributed by atoms with Crippen LogP contribution in [-0.4, -0.2) is 32.0 Å². The first kappa shape index (κ1) is 18.8. The Hall–Kier alpha value is -3.19. The van der Waals surface area contributed by atoms with E-state index in [0.717, 1.165) is 29.0 Å². The molecule has 5 rings (SSSR count). The van der Waals surface area contributed by atoms with Crippen molar-refractivity contribution in [1.82, 2.24) is 5.01 Å². The molecular weight excluding hydrogens is 400 g/mol. The lowest BCUT2D eigenvalue weighted by Gasteiger charge is -2.38. The van der Waals surface area contributed by atoms with Gasteiger partial charge in [-0.25, -0.2) is 5.01 Å². The van der Waals surface area contributed by atoms with Gasteiger partial charge in [-0.1, -0.05) is 24.3 Å². The molecule has 0 fully saturated rings. The van der Waals surface area contributed by atoms with Crippen molar-refractivity contribution in [2.24, 2.45) is 5.10 Å². The number of para-hydroxylation sites is 1. The maximum Gasteiger partial charge on any atom is 0.217 e. The first-order valence-corrected chi connectivity index (χ1v) is 10.6. The molecule has 3 aromatic rings. The third kappa shape index (κ3) is 2.89. The summed E-state index contributed by atoms with van der Waals surface area (Å²) in [5.74, 6) is 2.59. The van der Waals surface area contributed by atoms with E-state index in [0.29, 0.717) is 17.2 Å². The van der Waals surface area contributed by atoms with E-state index in [-0.39, 0.29) is 6.04 Å². The van der Waals surface area contributed by atoms with Crippen molar-refractivity contribution in [3.63, 3.8) is 0 Å². The second kappa shape index (κ2) is 7.57. The van der Waals surface area contributed by atoms with Crippen molar-refractivity contribution in [3.05, 3.63) is 69.9 Å². The van der Waals surface area contributed by atoms with E-state index in [2.05, 4.69) is 23.6 Å². The van der Waals surface area contributed by atoms with Crippen LogP contribution in [0.1, 0.15) is 34.7 Å². The van der Waals surface area contributed by atoms with E-state index in [4.69, 9.17) is 24.0 Å². The van der Waals surface area contributed by atoms with Crippen molar-refractivity contribution in [2.75, 3.05) is 21.3 Å². The smallest absolute Gasteiger partial charge is 0.217 e. The van der Waals surface area contributed by atoms with Gasteiger partial charge in [-0.3, -0.25) is 0 Å². The Labute approximate surface area is 179 Å². The number of thiophene rings is 1. The molecule has 2 atom stereocenters. The summed E-state index contributed by atoms with van der Waals surface area (Å²) in [7, 11) is 4.84. The molecule has 0 N–H and O–H groups in total. The Balaban J connectivity index is 1.65. The number of fused-ring (bicyclic) bond motifs is 3. The summed E-state index contributed by atoms with van der Waals surface area (Å²) in [6.45, 7) is 0. The van der Waals surface area contributed by atoms with E-state index in [9.17, 15) is 0 Å². The van der Waals surface area contributed by atoms with Crippen LogP contribution in [0, 0.1) is 0 Å². The molecule has 30 heavy (non-hydrogen) atoms. The second-order valence-electron chi connectivity index (χ2n) is 7.06. The average molecular weight is 423 g/mol. The lowest BCUT2D eigenvalue weighted by Crippen LogP contribution is -2.34. The van der Waals surface area contributed by atoms with Gasteiger partial charge in [-0.05, 0) is 29.6 Å². The van der Waals surface area contributed by atoms with Crippen molar-refractivity contribution < 1.29 is 18.9 Å². The monoisotopic (exact) mass is 422 g/mol. The average Bonchev–Trinajstić information content (AvgIpc) is 3.47. The summed E-state index contributed by atoms with van der Waals surface area (Å²) in [4.78, 5) is 1.18. The van der Waals surface area contributed by atoms with Crippen LogP contribution in [0.15, 0.2) is 59.0 Å². The van der Waals surface area contributed by atoms with Gasteiger partial charge < -0.3 is 18.9 Å². The van der Waals surface area contributed by atoms with Crippen LogP contribution in [0.5, 0.6) is 23.0 Å². The Morgan fingerprint density at radius 1 is 0.933 bits per heavy atom. The molecule has 7 heteroatoms. The fourth-order valence-corrected chi connectivity index (χ4v) is 4.87. The van der Waals surface area contributed by atoms with Crippen molar-refractivity contribution >= 4 is 17.0 Å². The minimum Gasteiger partial charge on any atom is -0.493 e. The third-order valence-corrected chi connectivity index (χ3v) is 6.42. The SMILES string of the molecule is COc1ccc([C@H]2Oc3ccccc3[C@@H]3CC(c4cccs4)=NN23)c(OC)c1OC. The molecule has 0 saturated heterocycles. The largest absolute Gasteiger partial charge is 0.493 e. The Kier molecular flexibility index (Phi) is 4.75. The zero-order valence-corrected chi connectivity index (χ0v) is 17.8. The van der Waals surface area contributed by atoms with Crippen LogP contribution >= 0.6 is 11.3 Å². The van der Waals surface area contributed by atoms with Crippen LogP contribution in [0.4, 0.5) is 0 Å². The van der Waals surface area contributed by atoms with Gasteiger partial charge in [0.25, 0.3) is 0 Å². The van der Waals surface area contributed by atoms with E-state index in [1.54, 1.807) is 32.7 Å².